The molecule has 0 aliphatic carbocycles. The molecule has 0 amide bonds. The van der Waals surface area contributed by atoms with E-state index in [1.54, 1.807) is 19.2 Å². The lowest BCUT2D eigenvalue weighted by Crippen LogP contribution is -2.30. The molecule has 6 nitrogen and oxygen atoms in total. The van der Waals surface area contributed by atoms with Crippen molar-refractivity contribution < 1.29 is 14.3 Å². The summed E-state index contributed by atoms with van der Waals surface area (Å²) in [6.45, 7) is 5.01. The highest BCUT2D eigenvalue weighted by atomic mass is 16.4. The van der Waals surface area contributed by atoms with Crippen molar-refractivity contribution >= 4 is 5.97 Å². The van der Waals surface area contributed by atoms with E-state index in [0.29, 0.717) is 17.9 Å². The largest absolute Gasteiger partial charge is 0.475 e. The third kappa shape index (κ3) is 3.45. The van der Waals surface area contributed by atoms with Gasteiger partial charge in [-0.3, -0.25) is 4.68 Å². The molecule has 0 bridgehead atoms. The first-order chi connectivity index (χ1) is 9.06. The van der Waals surface area contributed by atoms with Gasteiger partial charge in [-0.1, -0.05) is 0 Å². The van der Waals surface area contributed by atoms with Gasteiger partial charge in [-0.05, 0) is 26.0 Å². The van der Waals surface area contributed by atoms with Gasteiger partial charge in [-0.15, -0.1) is 0 Å². The molecular formula is C13H17N3O3. The van der Waals surface area contributed by atoms with E-state index in [9.17, 15) is 4.79 Å². The van der Waals surface area contributed by atoms with Crippen LogP contribution in [0.1, 0.15) is 28.8 Å². The van der Waals surface area contributed by atoms with Crippen LogP contribution in [0.5, 0.6) is 0 Å². The fourth-order valence-corrected chi connectivity index (χ4v) is 1.88. The second-order valence-corrected chi connectivity index (χ2v) is 4.54. The Labute approximate surface area is 111 Å². The predicted octanol–water partition coefficient (Wildman–Crippen LogP) is 1.66. The lowest BCUT2D eigenvalue weighted by atomic mass is 10.2. The Hall–Kier alpha value is -2.08. The van der Waals surface area contributed by atoms with Gasteiger partial charge in [-0.25, -0.2) is 4.79 Å². The number of carbonyl (C=O) groups is 1. The molecule has 0 saturated heterocycles. The summed E-state index contributed by atoms with van der Waals surface area (Å²) >= 11 is 0. The fraction of sp³-hybridized carbons (Fsp3) is 0.385. The predicted molar refractivity (Wildman–Crippen MR) is 68.9 cm³/mol. The number of aromatic carboxylic acids is 1. The van der Waals surface area contributed by atoms with Crippen LogP contribution >= 0.6 is 0 Å². The smallest absolute Gasteiger partial charge is 0.372 e. The first-order valence-corrected chi connectivity index (χ1v) is 6.09. The van der Waals surface area contributed by atoms with Crippen molar-refractivity contribution in [3.05, 3.63) is 41.6 Å². The van der Waals surface area contributed by atoms with E-state index >= 15 is 0 Å². The molecule has 0 aliphatic heterocycles. The summed E-state index contributed by atoms with van der Waals surface area (Å²) in [5.41, 5.74) is 0.643. The number of carboxylic acid groups (broad SMARTS) is 1. The Balaban J connectivity index is 1.88. The highest BCUT2D eigenvalue weighted by Gasteiger charge is 2.14. The van der Waals surface area contributed by atoms with Crippen LogP contribution in [-0.4, -0.2) is 26.9 Å². The average molecular weight is 263 g/mol. The van der Waals surface area contributed by atoms with Crippen LogP contribution < -0.4 is 5.32 Å². The molecule has 0 aliphatic rings. The third-order valence-electron chi connectivity index (χ3n) is 2.81. The van der Waals surface area contributed by atoms with Gasteiger partial charge in [0.15, 0.2) is 0 Å². The second kappa shape index (κ2) is 5.71. The van der Waals surface area contributed by atoms with Gasteiger partial charge in [0.25, 0.3) is 0 Å². The van der Waals surface area contributed by atoms with Crippen LogP contribution in [0.4, 0.5) is 0 Å². The molecule has 1 atom stereocenters. The van der Waals surface area contributed by atoms with Crippen LogP contribution in [0, 0.1) is 6.92 Å². The molecule has 2 aromatic heterocycles. The van der Waals surface area contributed by atoms with Crippen molar-refractivity contribution in [1.29, 1.82) is 0 Å². The molecule has 2 rings (SSSR count). The molecule has 0 aromatic carbocycles. The Morgan fingerprint density at radius 2 is 2.42 bits per heavy atom. The molecular weight excluding hydrogens is 246 g/mol. The maximum Gasteiger partial charge on any atom is 0.372 e. The van der Waals surface area contributed by atoms with Crippen molar-refractivity contribution in [3.8, 4) is 0 Å². The Kier molecular flexibility index (Phi) is 4.01. The molecule has 0 saturated carbocycles. The maximum absolute atomic E-state index is 10.9. The molecule has 2 N–H and O–H groups in total. The van der Waals surface area contributed by atoms with Crippen LogP contribution in [-0.2, 0) is 13.1 Å². The summed E-state index contributed by atoms with van der Waals surface area (Å²) in [5.74, 6) is -0.396. The number of rotatable bonds is 6. The van der Waals surface area contributed by atoms with E-state index in [-0.39, 0.29) is 11.8 Å². The molecule has 0 spiro atoms. The molecule has 2 aromatic rings. The first-order valence-electron chi connectivity index (χ1n) is 6.09. The van der Waals surface area contributed by atoms with Crippen molar-refractivity contribution in [2.24, 2.45) is 0 Å². The van der Waals surface area contributed by atoms with Gasteiger partial charge in [-0.2, -0.15) is 5.10 Å². The van der Waals surface area contributed by atoms with Crippen LogP contribution in [0.3, 0.4) is 0 Å². The highest BCUT2D eigenvalue weighted by Crippen LogP contribution is 2.14. The summed E-state index contributed by atoms with van der Waals surface area (Å²) in [6, 6.07) is 3.83. The fourth-order valence-electron chi connectivity index (χ4n) is 1.88. The van der Waals surface area contributed by atoms with Crippen molar-refractivity contribution in [2.75, 3.05) is 0 Å². The first kappa shape index (κ1) is 13.4. The topological polar surface area (TPSA) is 80.3 Å². The monoisotopic (exact) mass is 263 g/mol. The highest BCUT2D eigenvalue weighted by molar-refractivity contribution is 5.86. The quantitative estimate of drug-likeness (QED) is 0.828. The summed E-state index contributed by atoms with van der Waals surface area (Å²) in [5, 5.41) is 16.3. The zero-order valence-corrected chi connectivity index (χ0v) is 11.0. The second-order valence-electron chi connectivity index (χ2n) is 4.54. The maximum atomic E-state index is 10.9. The normalized spacial score (nSPS) is 12.5. The summed E-state index contributed by atoms with van der Waals surface area (Å²) in [7, 11) is 0. The summed E-state index contributed by atoms with van der Waals surface area (Å²) in [4.78, 5) is 10.9. The number of carboxylic acids is 1. The number of nitrogens with one attached hydrogen (secondary N) is 1. The van der Waals surface area contributed by atoms with Crippen molar-refractivity contribution in [3.63, 3.8) is 0 Å². The number of hydrogen-bond donors (Lipinski definition) is 2. The van der Waals surface area contributed by atoms with Crippen molar-refractivity contribution in [2.45, 2.75) is 33.0 Å². The van der Waals surface area contributed by atoms with E-state index in [2.05, 4.69) is 10.4 Å². The zero-order chi connectivity index (χ0) is 13.8. The van der Waals surface area contributed by atoms with Gasteiger partial charge in [0.2, 0.25) is 5.76 Å². The average Bonchev–Trinajstić information content (AvgIpc) is 2.96. The third-order valence-corrected chi connectivity index (χ3v) is 2.81. The van der Waals surface area contributed by atoms with Gasteiger partial charge in [0, 0.05) is 24.0 Å². The molecule has 0 fully saturated rings. The van der Waals surface area contributed by atoms with Crippen molar-refractivity contribution in [1.82, 2.24) is 15.1 Å². The Bertz CT molecular complexity index is 545. The van der Waals surface area contributed by atoms with E-state index in [4.69, 9.17) is 9.52 Å². The SMILES string of the molecule is Cc1cc(CNC(C)Cn2cccn2)oc1C(=O)O. The Morgan fingerprint density at radius 3 is 3.00 bits per heavy atom. The van der Waals surface area contributed by atoms with Gasteiger partial charge < -0.3 is 14.8 Å². The molecule has 6 heteroatoms. The van der Waals surface area contributed by atoms with E-state index in [1.807, 2.05) is 23.9 Å². The molecule has 1 unspecified atom stereocenters. The van der Waals surface area contributed by atoms with E-state index in [1.165, 1.54) is 0 Å². The van der Waals surface area contributed by atoms with E-state index in [0.717, 1.165) is 6.54 Å². The molecule has 19 heavy (non-hydrogen) atoms. The number of aromatic nitrogens is 2. The summed E-state index contributed by atoms with van der Waals surface area (Å²) in [6.07, 6.45) is 3.64. The van der Waals surface area contributed by atoms with Crippen LogP contribution in [0.15, 0.2) is 28.9 Å². The molecule has 0 radical (unpaired) electrons. The minimum Gasteiger partial charge on any atom is -0.475 e. The molecule has 102 valence electrons. The van der Waals surface area contributed by atoms with Crippen LogP contribution in [0.2, 0.25) is 0 Å². The number of furan rings is 1. The standard InChI is InChI=1S/C13H17N3O3/c1-9-6-11(19-12(9)13(17)18)7-14-10(2)8-16-5-3-4-15-16/h3-6,10,14H,7-8H2,1-2H3,(H,17,18). The number of nitrogens with zero attached hydrogens (tertiary/aromatic N) is 2. The lowest BCUT2D eigenvalue weighted by Gasteiger charge is -2.12. The minimum atomic E-state index is -1.03. The zero-order valence-electron chi connectivity index (χ0n) is 11.0. The molecule has 2 heterocycles. The Morgan fingerprint density at radius 1 is 1.63 bits per heavy atom. The number of hydrogen-bond acceptors (Lipinski definition) is 4. The van der Waals surface area contributed by atoms with E-state index < -0.39 is 5.97 Å². The number of aryl methyl sites for hydroxylation is 1. The lowest BCUT2D eigenvalue weighted by molar-refractivity contribution is 0.0659. The minimum absolute atomic E-state index is 0.0107. The van der Waals surface area contributed by atoms with Gasteiger partial charge in [0.05, 0.1) is 13.1 Å². The summed E-state index contributed by atoms with van der Waals surface area (Å²) < 4.78 is 7.12. The van der Waals surface area contributed by atoms with Crippen LogP contribution in [0.25, 0.3) is 0 Å². The van der Waals surface area contributed by atoms with Gasteiger partial charge >= 0.3 is 5.97 Å². The van der Waals surface area contributed by atoms with Gasteiger partial charge in [0.1, 0.15) is 5.76 Å².